The molecule has 5 heteroatoms. The molecule has 0 fully saturated rings. The molecule has 3 aromatic rings. The molecule has 0 saturated carbocycles. The molecule has 0 radical (unpaired) electrons. The van der Waals surface area contributed by atoms with E-state index in [0.717, 1.165) is 42.4 Å². The van der Waals surface area contributed by atoms with Gasteiger partial charge in [-0.25, -0.2) is 4.98 Å². The number of fused-ring (bicyclic) bond motifs is 2. The molecule has 1 aliphatic heterocycles. The van der Waals surface area contributed by atoms with Gasteiger partial charge in [-0.3, -0.25) is 9.30 Å². The van der Waals surface area contributed by atoms with Crippen LogP contribution in [0.4, 0.5) is 5.69 Å². The van der Waals surface area contributed by atoms with Crippen LogP contribution in [0, 0.1) is 0 Å². The van der Waals surface area contributed by atoms with Gasteiger partial charge in [0, 0.05) is 43.1 Å². The fraction of sp³-hybridized carbons (Fsp3) is 0.267. The first-order chi connectivity index (χ1) is 9.79. The summed E-state index contributed by atoms with van der Waals surface area (Å²) < 4.78 is 2.09. The minimum atomic E-state index is 0.905. The van der Waals surface area contributed by atoms with Gasteiger partial charge in [0.2, 0.25) is 0 Å². The molecule has 3 heterocycles. The monoisotopic (exact) mass is 284 g/mol. The average Bonchev–Trinajstić information content (AvgIpc) is 3.00. The zero-order valence-corrected chi connectivity index (χ0v) is 11.9. The minimum absolute atomic E-state index is 0.905. The van der Waals surface area contributed by atoms with E-state index in [4.69, 9.17) is 5.73 Å². The van der Waals surface area contributed by atoms with Gasteiger partial charge in [0.1, 0.15) is 0 Å². The first-order valence-electron chi connectivity index (χ1n) is 6.79. The Hall–Kier alpha value is -1.85. The summed E-state index contributed by atoms with van der Waals surface area (Å²) in [7, 11) is 0. The van der Waals surface area contributed by atoms with E-state index in [1.54, 1.807) is 11.3 Å². The maximum absolute atomic E-state index is 6.04. The van der Waals surface area contributed by atoms with E-state index in [0.29, 0.717) is 0 Å². The first-order valence-corrected chi connectivity index (χ1v) is 7.67. The third kappa shape index (κ3) is 1.99. The van der Waals surface area contributed by atoms with Crippen molar-refractivity contribution in [2.75, 3.05) is 12.3 Å². The molecule has 0 amide bonds. The van der Waals surface area contributed by atoms with Crippen molar-refractivity contribution in [2.45, 2.75) is 19.5 Å². The Labute approximate surface area is 121 Å². The number of hydrogen-bond acceptors (Lipinski definition) is 4. The molecule has 4 nitrogen and oxygen atoms in total. The van der Waals surface area contributed by atoms with Gasteiger partial charge in [-0.2, -0.15) is 0 Å². The quantitative estimate of drug-likeness (QED) is 0.736. The van der Waals surface area contributed by atoms with Crippen LogP contribution in [0.3, 0.4) is 0 Å². The molecule has 0 unspecified atom stereocenters. The SMILES string of the molecule is Nc1cccc2c1CCN(Cc1cn3ccsc3n1)C2. The summed E-state index contributed by atoms with van der Waals surface area (Å²) in [6, 6.07) is 6.23. The number of nitrogens with two attached hydrogens (primary N) is 1. The number of benzene rings is 1. The molecular weight excluding hydrogens is 268 g/mol. The van der Waals surface area contributed by atoms with Crippen LogP contribution in [0.5, 0.6) is 0 Å². The number of hydrogen-bond donors (Lipinski definition) is 1. The van der Waals surface area contributed by atoms with E-state index in [1.165, 1.54) is 11.1 Å². The molecule has 2 N–H and O–H groups in total. The maximum Gasteiger partial charge on any atom is 0.193 e. The van der Waals surface area contributed by atoms with Gasteiger partial charge in [0.25, 0.3) is 0 Å². The summed E-state index contributed by atoms with van der Waals surface area (Å²) in [4.78, 5) is 8.17. The van der Waals surface area contributed by atoms with Crippen molar-refractivity contribution in [3.05, 3.63) is 52.8 Å². The van der Waals surface area contributed by atoms with Crippen molar-refractivity contribution in [3.63, 3.8) is 0 Å². The summed E-state index contributed by atoms with van der Waals surface area (Å²) >= 11 is 1.68. The minimum Gasteiger partial charge on any atom is -0.398 e. The third-order valence-electron chi connectivity index (χ3n) is 3.91. The number of imidazole rings is 1. The largest absolute Gasteiger partial charge is 0.398 e. The highest BCUT2D eigenvalue weighted by Crippen LogP contribution is 2.25. The van der Waals surface area contributed by atoms with Gasteiger partial charge in [-0.05, 0) is 23.6 Å². The van der Waals surface area contributed by atoms with Crippen molar-refractivity contribution in [3.8, 4) is 0 Å². The van der Waals surface area contributed by atoms with Gasteiger partial charge in [0.15, 0.2) is 4.96 Å². The van der Waals surface area contributed by atoms with Crippen molar-refractivity contribution >= 4 is 22.0 Å². The number of rotatable bonds is 2. The van der Waals surface area contributed by atoms with Crippen LogP contribution in [0.1, 0.15) is 16.8 Å². The van der Waals surface area contributed by atoms with E-state index >= 15 is 0 Å². The Kier molecular flexibility index (Phi) is 2.75. The average molecular weight is 284 g/mol. The second kappa shape index (κ2) is 4.61. The lowest BCUT2D eigenvalue weighted by Gasteiger charge is -2.28. The zero-order valence-electron chi connectivity index (χ0n) is 11.1. The van der Waals surface area contributed by atoms with Crippen molar-refractivity contribution < 1.29 is 0 Å². The van der Waals surface area contributed by atoms with Crippen molar-refractivity contribution in [1.82, 2.24) is 14.3 Å². The second-order valence-electron chi connectivity index (χ2n) is 5.27. The predicted molar refractivity (Wildman–Crippen MR) is 81.7 cm³/mol. The number of nitrogen functional groups attached to an aromatic ring is 1. The normalized spacial score (nSPS) is 15.6. The van der Waals surface area contributed by atoms with Gasteiger partial charge in [-0.15, -0.1) is 11.3 Å². The molecule has 0 spiro atoms. The van der Waals surface area contributed by atoms with Gasteiger partial charge in [0.05, 0.1) is 5.69 Å². The van der Waals surface area contributed by atoms with E-state index < -0.39 is 0 Å². The lowest BCUT2D eigenvalue weighted by Crippen LogP contribution is -2.30. The van der Waals surface area contributed by atoms with Gasteiger partial charge < -0.3 is 5.73 Å². The molecule has 0 bridgehead atoms. The van der Waals surface area contributed by atoms with Crippen LogP contribution in [0.15, 0.2) is 36.0 Å². The Balaban J connectivity index is 1.55. The van der Waals surface area contributed by atoms with E-state index in [2.05, 4.69) is 38.1 Å². The molecule has 0 aliphatic carbocycles. The van der Waals surface area contributed by atoms with Crippen LogP contribution in [-0.2, 0) is 19.5 Å². The smallest absolute Gasteiger partial charge is 0.193 e. The van der Waals surface area contributed by atoms with Crippen LogP contribution in [0.25, 0.3) is 4.96 Å². The molecule has 0 saturated heterocycles. The van der Waals surface area contributed by atoms with E-state index in [1.807, 2.05) is 12.1 Å². The van der Waals surface area contributed by atoms with Crippen LogP contribution >= 0.6 is 11.3 Å². The van der Waals surface area contributed by atoms with Crippen molar-refractivity contribution in [2.24, 2.45) is 0 Å². The highest BCUT2D eigenvalue weighted by molar-refractivity contribution is 7.15. The first kappa shape index (κ1) is 11.9. The zero-order chi connectivity index (χ0) is 13.5. The number of thiazole rings is 1. The Morgan fingerprint density at radius 1 is 1.35 bits per heavy atom. The molecular formula is C15H16N4S. The number of nitrogens with zero attached hydrogens (tertiary/aromatic N) is 3. The molecule has 2 aromatic heterocycles. The number of aromatic nitrogens is 2. The summed E-state index contributed by atoms with van der Waals surface area (Å²) in [6.07, 6.45) is 5.22. The fourth-order valence-electron chi connectivity index (χ4n) is 2.91. The Bertz CT molecular complexity index is 730. The van der Waals surface area contributed by atoms with E-state index in [-0.39, 0.29) is 0 Å². The second-order valence-corrected chi connectivity index (χ2v) is 6.14. The van der Waals surface area contributed by atoms with Crippen LogP contribution in [-0.4, -0.2) is 20.8 Å². The maximum atomic E-state index is 6.04. The molecule has 4 rings (SSSR count). The van der Waals surface area contributed by atoms with E-state index in [9.17, 15) is 0 Å². The summed E-state index contributed by atoms with van der Waals surface area (Å²) in [6.45, 7) is 2.92. The Morgan fingerprint density at radius 3 is 3.20 bits per heavy atom. The molecule has 0 atom stereocenters. The lowest BCUT2D eigenvalue weighted by molar-refractivity contribution is 0.243. The van der Waals surface area contributed by atoms with Crippen molar-refractivity contribution in [1.29, 1.82) is 0 Å². The molecule has 20 heavy (non-hydrogen) atoms. The van der Waals surface area contributed by atoms with Gasteiger partial charge in [-0.1, -0.05) is 12.1 Å². The molecule has 1 aliphatic rings. The fourth-order valence-corrected chi connectivity index (χ4v) is 3.63. The van der Waals surface area contributed by atoms with Crippen LogP contribution < -0.4 is 5.73 Å². The number of anilines is 1. The highest BCUT2D eigenvalue weighted by Gasteiger charge is 2.18. The third-order valence-corrected chi connectivity index (χ3v) is 4.68. The van der Waals surface area contributed by atoms with Crippen LogP contribution in [0.2, 0.25) is 0 Å². The van der Waals surface area contributed by atoms with Gasteiger partial charge >= 0.3 is 0 Å². The Morgan fingerprint density at radius 2 is 2.30 bits per heavy atom. The predicted octanol–water partition coefficient (Wildman–Crippen LogP) is 2.54. The molecule has 102 valence electrons. The molecule has 1 aromatic carbocycles. The standard InChI is InChI=1S/C15H16N4S/c16-14-3-1-2-11-8-18(5-4-13(11)14)9-12-10-19-6-7-20-15(19)17-12/h1-3,6-7,10H,4-5,8-9,16H2. The lowest BCUT2D eigenvalue weighted by atomic mass is 9.98. The summed E-state index contributed by atoms with van der Waals surface area (Å²) in [5.74, 6) is 0. The summed E-state index contributed by atoms with van der Waals surface area (Å²) in [5.41, 5.74) is 10.8. The topological polar surface area (TPSA) is 46.6 Å². The summed E-state index contributed by atoms with van der Waals surface area (Å²) in [5, 5.41) is 2.06. The highest BCUT2D eigenvalue weighted by atomic mass is 32.1.